The van der Waals surface area contributed by atoms with Crippen molar-refractivity contribution in [1.82, 2.24) is 4.90 Å². The van der Waals surface area contributed by atoms with Crippen LogP contribution in [0.25, 0.3) is 0 Å². The number of carbonyl (C=O) groups is 1. The number of benzene rings is 2. The minimum Gasteiger partial charge on any atom is -0.341 e. The molecule has 0 aromatic heterocycles. The molecule has 2 rings (SSSR count). The molecule has 0 saturated heterocycles. The van der Waals surface area contributed by atoms with Gasteiger partial charge < -0.3 is 10.6 Å². The molecule has 0 aliphatic rings. The molecule has 0 saturated carbocycles. The highest BCUT2D eigenvalue weighted by Gasteiger charge is 2.22. The van der Waals surface area contributed by atoms with Gasteiger partial charge in [-0.3, -0.25) is 4.79 Å². The van der Waals surface area contributed by atoms with Crippen molar-refractivity contribution < 1.29 is 4.79 Å². The summed E-state index contributed by atoms with van der Waals surface area (Å²) in [5, 5.41) is 0. The van der Waals surface area contributed by atoms with E-state index in [1.807, 2.05) is 37.4 Å². The van der Waals surface area contributed by atoms with E-state index < -0.39 is 0 Å². The Morgan fingerprint density at radius 1 is 1.13 bits per heavy atom. The molecule has 1 amide bonds. The Kier molecular flexibility index (Phi) is 8.17. The molecule has 2 N–H and O–H groups in total. The Bertz CT molecular complexity index is 604. The summed E-state index contributed by atoms with van der Waals surface area (Å²) in [5.41, 5.74) is 7.92. The van der Waals surface area contributed by atoms with Crippen LogP contribution in [0, 0.1) is 0 Å². The van der Waals surface area contributed by atoms with Crippen molar-refractivity contribution in [1.29, 1.82) is 0 Å². The Morgan fingerprint density at radius 2 is 1.74 bits per heavy atom. The quantitative estimate of drug-likeness (QED) is 0.811. The molecule has 3 nitrogen and oxygen atoms in total. The number of likely N-dealkylation sites (N-methyl/N-ethyl adjacent to an activating group) is 1. The van der Waals surface area contributed by atoms with E-state index in [9.17, 15) is 4.79 Å². The van der Waals surface area contributed by atoms with Gasteiger partial charge in [0.2, 0.25) is 5.91 Å². The first kappa shape index (κ1) is 19.6. The minimum absolute atomic E-state index is 0. The summed E-state index contributed by atoms with van der Waals surface area (Å²) < 4.78 is 0. The number of thioether (sulfide) groups is 1. The van der Waals surface area contributed by atoms with Gasteiger partial charge >= 0.3 is 0 Å². The SMILES string of the molecule is CSc1ccc(CN(C)C(=O)C(CN)c2ccccc2)cc1.Cl. The summed E-state index contributed by atoms with van der Waals surface area (Å²) in [5.74, 6) is -0.223. The average molecular weight is 351 g/mol. The maximum atomic E-state index is 12.6. The zero-order valence-corrected chi connectivity index (χ0v) is 15.1. The molecule has 0 aliphatic carbocycles. The molecule has 0 heterocycles. The first-order valence-electron chi connectivity index (χ1n) is 7.28. The zero-order chi connectivity index (χ0) is 15.9. The third-order valence-corrected chi connectivity index (χ3v) is 4.43. The Hall–Kier alpha value is -1.49. The van der Waals surface area contributed by atoms with E-state index in [0.717, 1.165) is 11.1 Å². The van der Waals surface area contributed by atoms with Gasteiger partial charge in [-0.05, 0) is 29.5 Å². The van der Waals surface area contributed by atoms with Gasteiger partial charge in [-0.15, -0.1) is 24.2 Å². The number of halogens is 1. The lowest BCUT2D eigenvalue weighted by molar-refractivity contribution is -0.131. The predicted molar refractivity (Wildman–Crippen MR) is 100 cm³/mol. The summed E-state index contributed by atoms with van der Waals surface area (Å²) >= 11 is 1.71. The van der Waals surface area contributed by atoms with Crippen LogP contribution in [0.3, 0.4) is 0 Å². The molecule has 0 radical (unpaired) electrons. The molecule has 2 aromatic rings. The van der Waals surface area contributed by atoms with Gasteiger partial charge in [-0.1, -0.05) is 42.5 Å². The molecule has 5 heteroatoms. The van der Waals surface area contributed by atoms with Gasteiger partial charge in [0.15, 0.2) is 0 Å². The minimum atomic E-state index is -0.281. The molecule has 2 aromatic carbocycles. The van der Waals surface area contributed by atoms with Crippen LogP contribution in [0.2, 0.25) is 0 Å². The van der Waals surface area contributed by atoms with Gasteiger partial charge in [0.25, 0.3) is 0 Å². The second-order valence-corrected chi connectivity index (χ2v) is 6.12. The molecule has 0 fully saturated rings. The van der Waals surface area contributed by atoms with E-state index in [1.165, 1.54) is 4.90 Å². The monoisotopic (exact) mass is 350 g/mol. The second-order valence-electron chi connectivity index (χ2n) is 5.24. The number of hydrogen-bond acceptors (Lipinski definition) is 3. The first-order chi connectivity index (χ1) is 10.7. The van der Waals surface area contributed by atoms with Crippen LogP contribution in [0.4, 0.5) is 0 Å². The summed E-state index contributed by atoms with van der Waals surface area (Å²) in [6.07, 6.45) is 2.05. The lowest BCUT2D eigenvalue weighted by Crippen LogP contribution is -2.34. The molecular formula is C18H23ClN2OS. The summed E-state index contributed by atoms with van der Waals surface area (Å²) in [7, 11) is 1.83. The third-order valence-electron chi connectivity index (χ3n) is 3.69. The fraction of sp³-hybridized carbons (Fsp3) is 0.278. The van der Waals surface area contributed by atoms with Crippen LogP contribution in [0.1, 0.15) is 17.0 Å². The van der Waals surface area contributed by atoms with Crippen LogP contribution >= 0.6 is 24.2 Å². The van der Waals surface area contributed by atoms with Crippen LogP contribution in [-0.4, -0.2) is 30.7 Å². The van der Waals surface area contributed by atoms with Crippen molar-refractivity contribution >= 4 is 30.1 Å². The zero-order valence-electron chi connectivity index (χ0n) is 13.4. The average Bonchev–Trinajstić information content (AvgIpc) is 2.57. The summed E-state index contributed by atoms with van der Waals surface area (Å²) in [4.78, 5) is 15.6. The van der Waals surface area contributed by atoms with Gasteiger partial charge in [0.05, 0.1) is 5.92 Å². The predicted octanol–water partition coefficient (Wildman–Crippen LogP) is 3.53. The molecule has 124 valence electrons. The van der Waals surface area contributed by atoms with E-state index in [4.69, 9.17) is 5.73 Å². The molecule has 23 heavy (non-hydrogen) atoms. The van der Waals surface area contributed by atoms with Gasteiger partial charge in [-0.25, -0.2) is 0 Å². The van der Waals surface area contributed by atoms with Crippen LogP contribution in [0.15, 0.2) is 59.5 Å². The van der Waals surface area contributed by atoms with E-state index >= 15 is 0 Å². The highest BCUT2D eigenvalue weighted by Crippen LogP contribution is 2.19. The van der Waals surface area contributed by atoms with Gasteiger partial charge in [-0.2, -0.15) is 0 Å². The lowest BCUT2D eigenvalue weighted by Gasteiger charge is -2.23. The fourth-order valence-corrected chi connectivity index (χ4v) is 2.82. The van der Waals surface area contributed by atoms with Crippen molar-refractivity contribution in [2.75, 3.05) is 19.8 Å². The van der Waals surface area contributed by atoms with E-state index in [-0.39, 0.29) is 24.2 Å². The van der Waals surface area contributed by atoms with Crippen LogP contribution in [-0.2, 0) is 11.3 Å². The van der Waals surface area contributed by atoms with E-state index in [2.05, 4.69) is 30.5 Å². The Balaban J connectivity index is 0.00000264. The maximum absolute atomic E-state index is 12.6. The number of hydrogen-bond donors (Lipinski definition) is 1. The highest BCUT2D eigenvalue weighted by atomic mass is 35.5. The number of rotatable bonds is 6. The normalized spacial score (nSPS) is 11.4. The Labute approximate surface area is 148 Å². The van der Waals surface area contributed by atoms with Crippen molar-refractivity contribution in [3.05, 3.63) is 65.7 Å². The molecule has 0 aliphatic heterocycles. The van der Waals surface area contributed by atoms with Crippen molar-refractivity contribution in [3.63, 3.8) is 0 Å². The summed E-state index contributed by atoms with van der Waals surface area (Å²) in [6.45, 7) is 0.912. The van der Waals surface area contributed by atoms with Crippen LogP contribution < -0.4 is 5.73 Å². The highest BCUT2D eigenvalue weighted by molar-refractivity contribution is 7.98. The van der Waals surface area contributed by atoms with E-state index in [0.29, 0.717) is 13.1 Å². The van der Waals surface area contributed by atoms with Gasteiger partial charge in [0.1, 0.15) is 0 Å². The Morgan fingerprint density at radius 3 is 2.26 bits per heavy atom. The number of carbonyl (C=O) groups excluding carboxylic acids is 1. The van der Waals surface area contributed by atoms with Gasteiger partial charge in [0, 0.05) is 25.0 Å². The largest absolute Gasteiger partial charge is 0.341 e. The molecule has 1 unspecified atom stereocenters. The second kappa shape index (κ2) is 9.60. The molecule has 0 bridgehead atoms. The smallest absolute Gasteiger partial charge is 0.231 e. The third kappa shape index (κ3) is 5.27. The number of amides is 1. The summed E-state index contributed by atoms with van der Waals surface area (Å²) in [6, 6.07) is 18.0. The van der Waals surface area contributed by atoms with Crippen molar-refractivity contribution in [2.45, 2.75) is 17.4 Å². The van der Waals surface area contributed by atoms with Crippen LogP contribution in [0.5, 0.6) is 0 Å². The lowest BCUT2D eigenvalue weighted by atomic mass is 9.97. The first-order valence-corrected chi connectivity index (χ1v) is 8.51. The molecular weight excluding hydrogens is 328 g/mol. The number of nitrogens with two attached hydrogens (primary N) is 1. The maximum Gasteiger partial charge on any atom is 0.231 e. The topological polar surface area (TPSA) is 46.3 Å². The fourth-order valence-electron chi connectivity index (χ4n) is 2.41. The number of nitrogens with zero attached hydrogens (tertiary/aromatic N) is 1. The molecule has 0 spiro atoms. The van der Waals surface area contributed by atoms with Crippen molar-refractivity contribution in [2.24, 2.45) is 5.73 Å². The standard InChI is InChI=1S/C18H22N2OS.ClH/c1-20(13-14-8-10-16(22-2)11-9-14)18(21)17(12-19)15-6-4-3-5-7-15;/h3-11,17H,12-13,19H2,1-2H3;1H. The van der Waals surface area contributed by atoms with Crippen molar-refractivity contribution in [3.8, 4) is 0 Å². The molecule has 1 atom stereocenters. The van der Waals surface area contributed by atoms with E-state index in [1.54, 1.807) is 16.7 Å².